The topological polar surface area (TPSA) is 45.6 Å². The van der Waals surface area contributed by atoms with Crippen LogP contribution in [0.2, 0.25) is 0 Å². The second-order valence-corrected chi connectivity index (χ2v) is 8.41. The number of nitrogens with zero attached hydrogens (tertiary/aromatic N) is 3. The average molecular weight is 370 g/mol. The molecule has 3 unspecified atom stereocenters. The molecule has 0 N–H and O–H groups in total. The minimum Gasteiger partial charge on any atom is -0.336 e. The lowest BCUT2D eigenvalue weighted by Crippen LogP contribution is -2.47. The van der Waals surface area contributed by atoms with Gasteiger partial charge in [-0.15, -0.1) is 0 Å². The number of piperidine rings is 2. The van der Waals surface area contributed by atoms with Crippen molar-refractivity contribution in [1.82, 2.24) is 14.4 Å². The molecule has 27 heavy (non-hydrogen) atoms. The van der Waals surface area contributed by atoms with E-state index in [1.54, 1.807) is 12.1 Å². The Morgan fingerprint density at radius 1 is 1.22 bits per heavy atom. The summed E-state index contributed by atoms with van der Waals surface area (Å²) >= 11 is 0. The fourth-order valence-corrected chi connectivity index (χ4v) is 5.26. The molecule has 2 saturated heterocycles. The zero-order valence-corrected chi connectivity index (χ0v) is 16.3. The highest BCUT2D eigenvalue weighted by atomic mass is 16.2. The number of fused-ring (bicyclic) bond motifs is 4. The van der Waals surface area contributed by atoms with Gasteiger partial charge in [0.15, 0.2) is 0 Å². The Bertz CT molecular complexity index is 769. The largest absolute Gasteiger partial charge is 0.336 e. The van der Waals surface area contributed by atoms with E-state index >= 15 is 0 Å². The van der Waals surface area contributed by atoms with E-state index < -0.39 is 0 Å². The molecule has 3 atom stereocenters. The van der Waals surface area contributed by atoms with Crippen LogP contribution in [0.4, 0.5) is 0 Å². The predicted octanol–water partition coefficient (Wildman–Crippen LogP) is 2.61. The van der Waals surface area contributed by atoms with Crippen molar-refractivity contribution in [3.05, 3.63) is 46.4 Å². The molecule has 1 amide bonds. The number of rotatable bonds is 4. The smallest absolute Gasteiger partial charge is 0.250 e. The van der Waals surface area contributed by atoms with Gasteiger partial charge in [-0.3, -0.25) is 14.5 Å². The van der Waals surface area contributed by atoms with Crippen molar-refractivity contribution in [1.29, 1.82) is 0 Å². The van der Waals surface area contributed by atoms with E-state index in [-0.39, 0.29) is 11.5 Å². The van der Waals surface area contributed by atoms with Crippen LogP contribution < -0.4 is 5.56 Å². The molecule has 0 spiro atoms. The third-order valence-corrected chi connectivity index (χ3v) is 6.56. The molecule has 1 aromatic rings. The SMILES string of the molecule is CCC1CCCCN1C(=O)C=CCN1CC2CC(C1)c1cccc(=O)n1C2. The Morgan fingerprint density at radius 2 is 2.11 bits per heavy atom. The van der Waals surface area contributed by atoms with Crippen LogP contribution in [0.3, 0.4) is 0 Å². The number of likely N-dealkylation sites (tertiary alicyclic amines) is 2. The van der Waals surface area contributed by atoms with Gasteiger partial charge in [-0.25, -0.2) is 0 Å². The van der Waals surface area contributed by atoms with Gasteiger partial charge in [-0.2, -0.15) is 0 Å². The van der Waals surface area contributed by atoms with Crippen molar-refractivity contribution in [2.24, 2.45) is 5.92 Å². The van der Waals surface area contributed by atoms with Crippen LogP contribution in [0.1, 0.15) is 50.6 Å². The molecule has 0 radical (unpaired) electrons. The second-order valence-electron chi connectivity index (χ2n) is 8.41. The first kappa shape index (κ1) is 18.5. The van der Waals surface area contributed by atoms with E-state index in [4.69, 9.17) is 0 Å². The number of amides is 1. The highest BCUT2D eigenvalue weighted by Gasteiger charge is 2.34. The van der Waals surface area contributed by atoms with Crippen molar-refractivity contribution in [2.45, 2.75) is 57.5 Å². The van der Waals surface area contributed by atoms with Crippen LogP contribution in [-0.2, 0) is 11.3 Å². The lowest BCUT2D eigenvalue weighted by molar-refractivity contribution is -0.129. The van der Waals surface area contributed by atoms with Crippen LogP contribution in [0.5, 0.6) is 0 Å². The fraction of sp³-hybridized carbons (Fsp3) is 0.636. The lowest BCUT2D eigenvalue weighted by Gasteiger charge is -2.42. The maximum absolute atomic E-state index is 12.6. The number of carbonyl (C=O) groups is 1. The molecular formula is C22H31N3O2. The van der Waals surface area contributed by atoms with Gasteiger partial charge < -0.3 is 9.47 Å². The minimum absolute atomic E-state index is 0.133. The van der Waals surface area contributed by atoms with Crippen molar-refractivity contribution < 1.29 is 4.79 Å². The zero-order chi connectivity index (χ0) is 18.8. The van der Waals surface area contributed by atoms with Gasteiger partial charge >= 0.3 is 0 Å². The van der Waals surface area contributed by atoms with Crippen molar-refractivity contribution in [3.8, 4) is 0 Å². The van der Waals surface area contributed by atoms with E-state index in [2.05, 4.69) is 22.8 Å². The van der Waals surface area contributed by atoms with Gasteiger partial charge in [0.1, 0.15) is 0 Å². The first-order valence-corrected chi connectivity index (χ1v) is 10.5. The molecule has 2 bridgehead atoms. The Labute approximate surface area is 161 Å². The van der Waals surface area contributed by atoms with E-state index in [0.717, 1.165) is 52.0 Å². The molecule has 3 aliphatic rings. The summed E-state index contributed by atoms with van der Waals surface area (Å²) in [6.07, 6.45) is 9.57. The highest BCUT2D eigenvalue weighted by Crippen LogP contribution is 2.34. The number of hydrogen-bond acceptors (Lipinski definition) is 3. The molecule has 4 heterocycles. The van der Waals surface area contributed by atoms with Gasteiger partial charge in [0.05, 0.1) is 0 Å². The fourth-order valence-electron chi connectivity index (χ4n) is 5.26. The van der Waals surface area contributed by atoms with E-state index in [1.165, 1.54) is 18.5 Å². The average Bonchev–Trinajstić information content (AvgIpc) is 2.68. The molecule has 0 aliphatic carbocycles. The number of hydrogen-bond donors (Lipinski definition) is 0. The summed E-state index contributed by atoms with van der Waals surface area (Å²) in [4.78, 5) is 29.2. The third-order valence-electron chi connectivity index (χ3n) is 6.56. The molecule has 4 rings (SSSR count). The van der Waals surface area contributed by atoms with Crippen LogP contribution in [0, 0.1) is 5.92 Å². The van der Waals surface area contributed by atoms with Gasteiger partial charge in [0.25, 0.3) is 5.56 Å². The number of pyridine rings is 1. The predicted molar refractivity (Wildman–Crippen MR) is 107 cm³/mol. The summed E-state index contributed by atoms with van der Waals surface area (Å²) in [5.74, 6) is 1.14. The number of aromatic nitrogens is 1. The van der Waals surface area contributed by atoms with Crippen LogP contribution in [-0.4, -0.2) is 52.5 Å². The Morgan fingerprint density at radius 3 is 2.96 bits per heavy atom. The molecule has 1 aromatic heterocycles. The number of carbonyl (C=O) groups excluding carboxylic acids is 1. The van der Waals surface area contributed by atoms with Crippen molar-refractivity contribution in [2.75, 3.05) is 26.2 Å². The molecule has 146 valence electrons. The molecule has 5 nitrogen and oxygen atoms in total. The molecule has 2 fully saturated rings. The Hall–Kier alpha value is -1.88. The molecule has 5 heteroatoms. The van der Waals surface area contributed by atoms with E-state index in [1.807, 2.05) is 16.7 Å². The Kier molecular flexibility index (Phi) is 5.48. The minimum atomic E-state index is 0.133. The van der Waals surface area contributed by atoms with Crippen LogP contribution in [0.15, 0.2) is 35.1 Å². The van der Waals surface area contributed by atoms with E-state index in [9.17, 15) is 9.59 Å². The third kappa shape index (κ3) is 3.88. The zero-order valence-electron chi connectivity index (χ0n) is 16.3. The van der Waals surface area contributed by atoms with Gasteiger partial charge in [0.2, 0.25) is 5.91 Å². The summed E-state index contributed by atoms with van der Waals surface area (Å²) in [6.45, 7) is 6.71. The first-order chi connectivity index (χ1) is 13.2. The monoisotopic (exact) mass is 369 g/mol. The Balaban J connectivity index is 1.37. The van der Waals surface area contributed by atoms with Gasteiger partial charge in [-0.1, -0.05) is 19.1 Å². The summed E-state index contributed by atoms with van der Waals surface area (Å²) in [6, 6.07) is 6.07. The summed E-state index contributed by atoms with van der Waals surface area (Å²) in [5.41, 5.74) is 1.32. The second kappa shape index (κ2) is 8.01. The molecule has 0 saturated carbocycles. The van der Waals surface area contributed by atoms with Gasteiger partial charge in [-0.05, 0) is 44.1 Å². The van der Waals surface area contributed by atoms with Crippen molar-refractivity contribution in [3.63, 3.8) is 0 Å². The summed E-state index contributed by atoms with van der Waals surface area (Å²) in [7, 11) is 0. The molecule has 0 aromatic carbocycles. The maximum Gasteiger partial charge on any atom is 0.250 e. The van der Waals surface area contributed by atoms with Crippen molar-refractivity contribution >= 4 is 5.91 Å². The molecule has 3 aliphatic heterocycles. The maximum atomic E-state index is 12.6. The standard InChI is InChI=1S/C22H31N3O2/c1-2-19-7-3-4-12-24(19)21(26)10-6-11-23-14-17-13-18(16-23)20-8-5-9-22(27)25(20)15-17/h5-6,8-10,17-19H,2-4,7,11-16H2,1H3. The van der Waals surface area contributed by atoms with Crippen LogP contribution in [0.25, 0.3) is 0 Å². The normalized spacial score (nSPS) is 28.3. The summed E-state index contributed by atoms with van der Waals surface area (Å²) in [5, 5.41) is 0. The van der Waals surface area contributed by atoms with Gasteiger partial charge in [0, 0.05) is 62.5 Å². The lowest BCUT2D eigenvalue weighted by atomic mass is 9.83. The quantitative estimate of drug-likeness (QED) is 0.767. The van der Waals surface area contributed by atoms with E-state index in [0.29, 0.717) is 17.9 Å². The first-order valence-electron chi connectivity index (χ1n) is 10.5. The van der Waals surface area contributed by atoms with Crippen LogP contribution >= 0.6 is 0 Å². The highest BCUT2D eigenvalue weighted by molar-refractivity contribution is 5.87. The summed E-state index contributed by atoms with van der Waals surface area (Å²) < 4.78 is 1.97. The molecular weight excluding hydrogens is 338 g/mol.